The Kier molecular flexibility index (Phi) is 0.963. The standard InChI is InChI=1S/C8H15N/c1-6-4-3-5-7-8(6,2)9-7/h6-7,9H,3-5H2,1-2H3/t6-,7+,8-/m1/s1. The summed E-state index contributed by atoms with van der Waals surface area (Å²) >= 11 is 0. The van der Waals surface area contributed by atoms with Crippen molar-refractivity contribution in [3.8, 4) is 0 Å². The van der Waals surface area contributed by atoms with E-state index in [9.17, 15) is 0 Å². The first-order valence-corrected chi connectivity index (χ1v) is 4.01. The molecule has 1 aliphatic carbocycles. The van der Waals surface area contributed by atoms with Crippen LogP contribution in [0, 0.1) is 5.92 Å². The summed E-state index contributed by atoms with van der Waals surface area (Å²) in [5, 5.41) is 3.56. The maximum atomic E-state index is 3.56. The number of nitrogens with one attached hydrogen (secondary N) is 1. The third-order valence-electron chi connectivity index (χ3n) is 3.28. The van der Waals surface area contributed by atoms with E-state index >= 15 is 0 Å². The quantitative estimate of drug-likeness (QED) is 0.487. The fraction of sp³-hybridized carbons (Fsp3) is 1.00. The van der Waals surface area contributed by atoms with Gasteiger partial charge >= 0.3 is 0 Å². The van der Waals surface area contributed by atoms with Gasteiger partial charge in [0.2, 0.25) is 0 Å². The summed E-state index contributed by atoms with van der Waals surface area (Å²) in [5.41, 5.74) is 0.554. The number of hydrogen-bond acceptors (Lipinski definition) is 1. The van der Waals surface area contributed by atoms with Gasteiger partial charge in [0.1, 0.15) is 0 Å². The van der Waals surface area contributed by atoms with Crippen molar-refractivity contribution in [3.63, 3.8) is 0 Å². The van der Waals surface area contributed by atoms with Crippen molar-refractivity contribution in [1.82, 2.24) is 5.32 Å². The first kappa shape index (κ1) is 5.72. The molecule has 3 atom stereocenters. The molecule has 0 aromatic carbocycles. The normalized spacial score (nSPS) is 56.7. The van der Waals surface area contributed by atoms with E-state index in [1.807, 2.05) is 0 Å². The van der Waals surface area contributed by atoms with Crippen LogP contribution in [0.4, 0.5) is 0 Å². The zero-order valence-corrected chi connectivity index (χ0v) is 6.28. The van der Waals surface area contributed by atoms with Crippen LogP contribution in [0.5, 0.6) is 0 Å². The van der Waals surface area contributed by atoms with Crippen LogP contribution in [0.2, 0.25) is 0 Å². The van der Waals surface area contributed by atoms with Gasteiger partial charge in [-0.15, -0.1) is 0 Å². The lowest BCUT2D eigenvalue weighted by atomic mass is 9.81. The molecular weight excluding hydrogens is 110 g/mol. The van der Waals surface area contributed by atoms with Crippen molar-refractivity contribution < 1.29 is 0 Å². The van der Waals surface area contributed by atoms with Crippen LogP contribution in [0.1, 0.15) is 33.1 Å². The molecule has 0 radical (unpaired) electrons. The summed E-state index contributed by atoms with van der Waals surface area (Å²) in [6, 6.07) is 0.876. The Balaban J connectivity index is 2.10. The number of hydrogen-bond donors (Lipinski definition) is 1. The monoisotopic (exact) mass is 125 g/mol. The second-order valence-corrected chi connectivity index (χ2v) is 3.81. The highest BCUT2D eigenvalue weighted by Crippen LogP contribution is 2.43. The van der Waals surface area contributed by atoms with E-state index in [-0.39, 0.29) is 0 Å². The summed E-state index contributed by atoms with van der Waals surface area (Å²) in [7, 11) is 0. The topological polar surface area (TPSA) is 21.9 Å². The van der Waals surface area contributed by atoms with E-state index < -0.39 is 0 Å². The Hall–Kier alpha value is -0.0400. The smallest absolute Gasteiger partial charge is 0.0335 e. The lowest BCUT2D eigenvalue weighted by molar-refractivity contribution is 0.351. The van der Waals surface area contributed by atoms with Gasteiger partial charge in [-0.3, -0.25) is 0 Å². The molecule has 52 valence electrons. The molecule has 1 aliphatic heterocycles. The molecule has 2 aliphatic rings. The molecule has 0 aromatic heterocycles. The van der Waals surface area contributed by atoms with Crippen LogP contribution in [0.3, 0.4) is 0 Å². The van der Waals surface area contributed by atoms with Crippen molar-refractivity contribution >= 4 is 0 Å². The van der Waals surface area contributed by atoms with Crippen LogP contribution in [-0.2, 0) is 0 Å². The average molecular weight is 125 g/mol. The second-order valence-electron chi connectivity index (χ2n) is 3.81. The third-order valence-corrected chi connectivity index (χ3v) is 3.28. The van der Waals surface area contributed by atoms with Crippen LogP contribution in [0.15, 0.2) is 0 Å². The minimum Gasteiger partial charge on any atom is -0.305 e. The van der Waals surface area contributed by atoms with Crippen molar-refractivity contribution in [2.45, 2.75) is 44.7 Å². The first-order chi connectivity index (χ1) is 4.23. The second kappa shape index (κ2) is 1.51. The summed E-state index contributed by atoms with van der Waals surface area (Å²) in [6.07, 6.45) is 4.29. The Labute approximate surface area is 56.8 Å². The molecule has 1 saturated carbocycles. The first-order valence-electron chi connectivity index (χ1n) is 4.01. The molecule has 9 heavy (non-hydrogen) atoms. The zero-order valence-electron chi connectivity index (χ0n) is 6.28. The summed E-state index contributed by atoms with van der Waals surface area (Å²) in [4.78, 5) is 0. The van der Waals surface area contributed by atoms with Gasteiger partial charge in [-0.05, 0) is 25.7 Å². The van der Waals surface area contributed by atoms with Crippen LogP contribution in [0.25, 0.3) is 0 Å². The van der Waals surface area contributed by atoms with Crippen molar-refractivity contribution in [1.29, 1.82) is 0 Å². The molecule has 0 unspecified atom stereocenters. The minimum atomic E-state index is 0.554. The predicted molar refractivity (Wildman–Crippen MR) is 38.3 cm³/mol. The maximum absolute atomic E-state index is 3.56. The Morgan fingerprint density at radius 2 is 2.22 bits per heavy atom. The van der Waals surface area contributed by atoms with Crippen LogP contribution < -0.4 is 5.32 Å². The van der Waals surface area contributed by atoms with Gasteiger partial charge < -0.3 is 5.32 Å². The minimum absolute atomic E-state index is 0.554. The fourth-order valence-electron chi connectivity index (χ4n) is 2.12. The highest BCUT2D eigenvalue weighted by molar-refractivity contribution is 5.15. The Morgan fingerprint density at radius 3 is 2.78 bits per heavy atom. The molecule has 1 heteroatoms. The number of fused-ring (bicyclic) bond motifs is 1. The van der Waals surface area contributed by atoms with E-state index in [0.717, 1.165) is 12.0 Å². The van der Waals surface area contributed by atoms with E-state index in [1.54, 1.807) is 0 Å². The average Bonchev–Trinajstić information content (AvgIpc) is 2.44. The van der Waals surface area contributed by atoms with Crippen molar-refractivity contribution in [2.24, 2.45) is 5.92 Å². The largest absolute Gasteiger partial charge is 0.305 e. The van der Waals surface area contributed by atoms with Gasteiger partial charge in [0.25, 0.3) is 0 Å². The van der Waals surface area contributed by atoms with Gasteiger partial charge in [0.05, 0.1) is 0 Å². The zero-order chi connectivity index (χ0) is 6.48. The molecule has 0 spiro atoms. The molecule has 2 fully saturated rings. The van der Waals surface area contributed by atoms with Gasteiger partial charge in [0, 0.05) is 11.6 Å². The lowest BCUT2D eigenvalue weighted by Crippen LogP contribution is -2.25. The Morgan fingerprint density at radius 1 is 1.44 bits per heavy atom. The molecule has 1 heterocycles. The molecular formula is C8H15N. The van der Waals surface area contributed by atoms with Gasteiger partial charge in [-0.2, -0.15) is 0 Å². The Bertz CT molecular complexity index is 133. The molecule has 1 N–H and O–H groups in total. The van der Waals surface area contributed by atoms with E-state index in [1.165, 1.54) is 19.3 Å². The fourth-order valence-corrected chi connectivity index (χ4v) is 2.12. The van der Waals surface area contributed by atoms with E-state index in [2.05, 4.69) is 19.2 Å². The highest BCUT2D eigenvalue weighted by atomic mass is 15.2. The van der Waals surface area contributed by atoms with Gasteiger partial charge in [-0.1, -0.05) is 13.3 Å². The highest BCUT2D eigenvalue weighted by Gasteiger charge is 2.54. The molecule has 0 amide bonds. The molecule has 1 saturated heterocycles. The molecule has 0 bridgehead atoms. The maximum Gasteiger partial charge on any atom is 0.0335 e. The van der Waals surface area contributed by atoms with Crippen LogP contribution in [-0.4, -0.2) is 11.6 Å². The SMILES string of the molecule is C[C@@H]1CCC[C@@H]2N[C@]12C. The summed E-state index contributed by atoms with van der Waals surface area (Å²) in [6.45, 7) is 4.73. The predicted octanol–water partition coefficient (Wildman–Crippen LogP) is 1.54. The third kappa shape index (κ3) is 0.644. The molecule has 2 rings (SSSR count). The summed E-state index contributed by atoms with van der Waals surface area (Å²) < 4.78 is 0. The van der Waals surface area contributed by atoms with Gasteiger partial charge in [-0.25, -0.2) is 0 Å². The van der Waals surface area contributed by atoms with Crippen LogP contribution >= 0.6 is 0 Å². The summed E-state index contributed by atoms with van der Waals surface area (Å²) in [5.74, 6) is 0.913. The molecule has 1 nitrogen and oxygen atoms in total. The van der Waals surface area contributed by atoms with Crippen molar-refractivity contribution in [2.75, 3.05) is 0 Å². The lowest BCUT2D eigenvalue weighted by Gasteiger charge is -2.22. The van der Waals surface area contributed by atoms with E-state index in [4.69, 9.17) is 0 Å². The van der Waals surface area contributed by atoms with E-state index in [0.29, 0.717) is 5.54 Å². The van der Waals surface area contributed by atoms with Crippen molar-refractivity contribution in [3.05, 3.63) is 0 Å². The number of rotatable bonds is 0. The van der Waals surface area contributed by atoms with Gasteiger partial charge in [0.15, 0.2) is 0 Å². The molecule has 0 aromatic rings.